The fourth-order valence-corrected chi connectivity index (χ4v) is 8.76. The second-order valence-electron chi connectivity index (χ2n) is 7.41. The Hall–Kier alpha value is -2.66. The molecular formula is C26H20O2P2. The van der Waals surface area contributed by atoms with E-state index >= 15 is 0 Å². The molecule has 4 aromatic carbocycles. The zero-order valence-corrected chi connectivity index (χ0v) is 18.2. The summed E-state index contributed by atoms with van der Waals surface area (Å²) in [6.07, 6.45) is 1.98. The molecule has 2 nitrogen and oxygen atoms in total. The first kappa shape index (κ1) is 18.1. The van der Waals surface area contributed by atoms with Gasteiger partial charge in [-0.15, -0.1) is 0 Å². The molecule has 0 unspecified atom stereocenters. The molecule has 0 saturated heterocycles. The highest BCUT2D eigenvalue weighted by Crippen LogP contribution is 2.53. The lowest BCUT2D eigenvalue weighted by Crippen LogP contribution is -2.20. The fourth-order valence-electron chi connectivity index (χ4n) is 4.22. The summed E-state index contributed by atoms with van der Waals surface area (Å²) in [5.41, 5.74) is 5.03. The van der Waals surface area contributed by atoms with E-state index < -0.39 is 16.3 Å². The monoisotopic (exact) mass is 426 g/mol. The van der Waals surface area contributed by atoms with Crippen molar-refractivity contribution in [1.82, 2.24) is 0 Å². The normalized spacial score (nSPS) is 18.1. The molecule has 0 spiro atoms. The summed E-state index contributed by atoms with van der Waals surface area (Å²) in [5.74, 6) is 2.01. The van der Waals surface area contributed by atoms with E-state index in [0.29, 0.717) is 0 Å². The van der Waals surface area contributed by atoms with Gasteiger partial charge in [-0.25, -0.2) is 0 Å². The van der Waals surface area contributed by atoms with E-state index in [1.807, 2.05) is 0 Å². The number of rotatable bonds is 3. The van der Waals surface area contributed by atoms with Crippen LogP contribution < -0.4 is 19.7 Å². The quantitative estimate of drug-likeness (QED) is 0.346. The molecule has 0 amide bonds. The third-order valence-electron chi connectivity index (χ3n) is 5.62. The highest BCUT2D eigenvalue weighted by Gasteiger charge is 2.30. The molecule has 0 bridgehead atoms. The molecule has 2 aliphatic heterocycles. The molecule has 0 aromatic heterocycles. The largest absolute Gasteiger partial charge is 0.469 e. The number of hydrogen-bond donors (Lipinski definition) is 0. The van der Waals surface area contributed by atoms with Gasteiger partial charge in [0.15, 0.2) is 0 Å². The summed E-state index contributed by atoms with van der Waals surface area (Å²) in [7, 11) is -1.44. The molecule has 0 saturated carbocycles. The first-order valence-corrected chi connectivity index (χ1v) is 13.1. The molecule has 6 rings (SSSR count). The van der Waals surface area contributed by atoms with Gasteiger partial charge in [-0.3, -0.25) is 0 Å². The Morgan fingerprint density at radius 2 is 0.800 bits per heavy atom. The molecule has 2 aliphatic rings. The smallest absolute Gasteiger partial charge is 0.131 e. The van der Waals surface area contributed by atoms with Gasteiger partial charge < -0.3 is 9.05 Å². The Morgan fingerprint density at radius 1 is 0.433 bits per heavy atom. The summed E-state index contributed by atoms with van der Waals surface area (Å²) >= 11 is 0. The van der Waals surface area contributed by atoms with Crippen LogP contribution in [0.1, 0.15) is 0 Å². The van der Waals surface area contributed by atoms with E-state index in [9.17, 15) is 0 Å². The van der Waals surface area contributed by atoms with Crippen LogP contribution in [0, 0.1) is 0 Å². The maximum Gasteiger partial charge on any atom is 0.131 e. The standard InChI is InChI=1S/C26H20O2P2/c1-5-13-23-19(9-1)21-11-3-7-15-25(21)29(27-23)17-18-30-26-16-8-4-12-22(26)20-10-2-6-14-24(20)28-30/h1-16H,17-18H2/t29-,30+. The molecule has 0 radical (unpaired) electrons. The number of hydrogen-bond acceptors (Lipinski definition) is 2. The minimum Gasteiger partial charge on any atom is -0.469 e. The molecule has 2 atom stereocenters. The lowest BCUT2D eigenvalue weighted by molar-refractivity contribution is 0.613. The lowest BCUT2D eigenvalue weighted by Gasteiger charge is -2.31. The molecule has 4 aromatic rings. The Kier molecular flexibility index (Phi) is 4.56. The van der Waals surface area contributed by atoms with Crippen LogP contribution in [0.4, 0.5) is 0 Å². The van der Waals surface area contributed by atoms with Crippen molar-refractivity contribution < 1.29 is 9.05 Å². The first-order chi connectivity index (χ1) is 14.9. The topological polar surface area (TPSA) is 18.5 Å². The Morgan fingerprint density at radius 3 is 1.27 bits per heavy atom. The Labute approximate surface area is 179 Å². The summed E-state index contributed by atoms with van der Waals surface area (Å²) in [6, 6.07) is 34.2. The third-order valence-corrected chi connectivity index (χ3v) is 9.92. The van der Waals surface area contributed by atoms with Crippen LogP contribution in [-0.2, 0) is 0 Å². The second-order valence-corrected chi connectivity index (χ2v) is 11.2. The van der Waals surface area contributed by atoms with E-state index in [-0.39, 0.29) is 0 Å². The number of para-hydroxylation sites is 2. The molecule has 146 valence electrons. The maximum atomic E-state index is 6.53. The van der Waals surface area contributed by atoms with Crippen molar-refractivity contribution in [3.05, 3.63) is 97.1 Å². The van der Waals surface area contributed by atoms with Crippen LogP contribution in [0.5, 0.6) is 11.5 Å². The number of fused-ring (bicyclic) bond motifs is 6. The van der Waals surface area contributed by atoms with E-state index in [2.05, 4.69) is 97.1 Å². The predicted octanol–water partition coefficient (Wildman–Crippen LogP) is 6.55. The van der Waals surface area contributed by atoms with Gasteiger partial charge >= 0.3 is 0 Å². The van der Waals surface area contributed by atoms with E-state index in [1.165, 1.54) is 32.9 Å². The molecular weight excluding hydrogens is 406 g/mol. The summed E-state index contributed by atoms with van der Waals surface area (Å²) in [4.78, 5) is 0. The number of benzene rings is 4. The molecule has 0 N–H and O–H groups in total. The fraction of sp³-hybridized carbons (Fsp3) is 0.0769. The highest BCUT2D eigenvalue weighted by atomic mass is 31.1. The zero-order chi connectivity index (χ0) is 19.9. The van der Waals surface area contributed by atoms with E-state index in [4.69, 9.17) is 9.05 Å². The predicted molar refractivity (Wildman–Crippen MR) is 128 cm³/mol. The Bertz CT molecular complexity index is 1140. The Balaban J connectivity index is 1.31. The summed E-state index contributed by atoms with van der Waals surface area (Å²) in [5, 5.41) is 2.68. The van der Waals surface area contributed by atoms with Gasteiger partial charge in [0, 0.05) is 34.1 Å². The minimum atomic E-state index is -0.719. The van der Waals surface area contributed by atoms with Gasteiger partial charge in [-0.1, -0.05) is 84.9 Å². The van der Waals surface area contributed by atoms with E-state index in [0.717, 1.165) is 23.8 Å². The molecule has 4 heteroatoms. The SMILES string of the molecule is c1ccc2c(c1)O[P@@](CC[P@@]1Oc3ccccc3-c3ccccc31)c1ccccc1-2. The molecule has 0 fully saturated rings. The van der Waals surface area contributed by atoms with Crippen molar-refractivity contribution in [2.24, 2.45) is 0 Å². The van der Waals surface area contributed by atoms with Crippen LogP contribution in [0.3, 0.4) is 0 Å². The van der Waals surface area contributed by atoms with Crippen LogP contribution >= 0.6 is 16.3 Å². The van der Waals surface area contributed by atoms with Crippen LogP contribution in [0.15, 0.2) is 97.1 Å². The average molecular weight is 426 g/mol. The zero-order valence-electron chi connectivity index (χ0n) is 16.4. The minimum absolute atomic E-state index is 0.719. The average Bonchev–Trinajstić information content (AvgIpc) is 2.82. The van der Waals surface area contributed by atoms with Crippen molar-refractivity contribution in [1.29, 1.82) is 0 Å². The van der Waals surface area contributed by atoms with Crippen molar-refractivity contribution >= 4 is 26.9 Å². The van der Waals surface area contributed by atoms with Crippen molar-refractivity contribution in [3.63, 3.8) is 0 Å². The highest BCUT2D eigenvalue weighted by molar-refractivity contribution is 7.65. The van der Waals surface area contributed by atoms with Crippen molar-refractivity contribution in [2.75, 3.05) is 12.3 Å². The van der Waals surface area contributed by atoms with Gasteiger partial charge in [0.25, 0.3) is 0 Å². The lowest BCUT2D eigenvalue weighted by atomic mass is 10.0. The molecule has 0 aliphatic carbocycles. The summed E-state index contributed by atoms with van der Waals surface area (Å²) in [6.45, 7) is 0. The van der Waals surface area contributed by atoms with Gasteiger partial charge in [-0.2, -0.15) is 0 Å². The molecule has 2 heterocycles. The first-order valence-electron chi connectivity index (χ1n) is 10.2. The van der Waals surface area contributed by atoms with Crippen LogP contribution in [0.2, 0.25) is 0 Å². The molecule has 30 heavy (non-hydrogen) atoms. The van der Waals surface area contributed by atoms with Crippen LogP contribution in [-0.4, -0.2) is 12.3 Å². The van der Waals surface area contributed by atoms with Crippen molar-refractivity contribution in [2.45, 2.75) is 0 Å². The van der Waals surface area contributed by atoms with Crippen molar-refractivity contribution in [3.8, 4) is 33.8 Å². The van der Waals surface area contributed by atoms with Gasteiger partial charge in [0.05, 0.1) is 0 Å². The van der Waals surface area contributed by atoms with Crippen LogP contribution in [0.25, 0.3) is 22.3 Å². The third kappa shape index (κ3) is 3.03. The van der Waals surface area contributed by atoms with Gasteiger partial charge in [0.2, 0.25) is 0 Å². The van der Waals surface area contributed by atoms with Gasteiger partial charge in [-0.05, 0) is 23.3 Å². The summed E-state index contributed by atoms with van der Waals surface area (Å²) < 4.78 is 13.1. The van der Waals surface area contributed by atoms with E-state index in [1.54, 1.807) is 0 Å². The maximum absolute atomic E-state index is 6.53. The van der Waals surface area contributed by atoms with Gasteiger partial charge in [0.1, 0.15) is 27.8 Å². The second kappa shape index (κ2) is 7.55.